The molecule has 0 saturated carbocycles. The predicted octanol–water partition coefficient (Wildman–Crippen LogP) is 1.33. The number of amides is 1. The Morgan fingerprint density at radius 1 is 1.50 bits per heavy atom. The summed E-state index contributed by atoms with van der Waals surface area (Å²) in [6.45, 7) is 4.53. The van der Waals surface area contributed by atoms with E-state index < -0.39 is 0 Å². The van der Waals surface area contributed by atoms with Gasteiger partial charge in [-0.15, -0.1) is 0 Å². The van der Waals surface area contributed by atoms with Crippen molar-refractivity contribution in [2.45, 2.75) is 45.3 Å². The van der Waals surface area contributed by atoms with Crippen LogP contribution in [0.15, 0.2) is 18.5 Å². The lowest BCUT2D eigenvalue weighted by Crippen LogP contribution is -2.42. The van der Waals surface area contributed by atoms with Gasteiger partial charge in [0.25, 0.3) is 0 Å². The summed E-state index contributed by atoms with van der Waals surface area (Å²) in [6, 6.07) is 1.89. The predicted molar refractivity (Wildman–Crippen MR) is 87.1 cm³/mol. The normalized spacial score (nSPS) is 18.0. The van der Waals surface area contributed by atoms with E-state index in [1.54, 1.807) is 6.20 Å². The molecule has 0 bridgehead atoms. The van der Waals surface area contributed by atoms with E-state index in [2.05, 4.69) is 27.2 Å². The van der Waals surface area contributed by atoms with Gasteiger partial charge in [-0.05, 0) is 18.9 Å². The molecule has 8 nitrogen and oxygen atoms in total. The molecule has 130 valence electrons. The van der Waals surface area contributed by atoms with Crippen molar-refractivity contribution in [3.05, 3.63) is 30.1 Å². The Bertz CT molecular complexity index is 639. The fraction of sp³-hybridized carbons (Fsp3) is 0.625. The first-order valence-corrected chi connectivity index (χ1v) is 8.54. The van der Waals surface area contributed by atoms with Gasteiger partial charge in [-0.25, -0.2) is 4.98 Å². The molecular formula is C16H24N6O2. The van der Waals surface area contributed by atoms with E-state index in [1.807, 2.05) is 21.8 Å². The fourth-order valence-corrected chi connectivity index (χ4v) is 2.82. The van der Waals surface area contributed by atoms with Crippen LogP contribution in [-0.4, -0.2) is 55.5 Å². The van der Waals surface area contributed by atoms with Crippen molar-refractivity contribution in [1.82, 2.24) is 29.9 Å². The largest absolute Gasteiger partial charge is 0.366 e. The SMILES string of the molecule is CCCc1nc([C@H]2CN(C(=O)CCCn3cccn3)CCO2)n[nH]1. The highest BCUT2D eigenvalue weighted by Gasteiger charge is 2.27. The molecule has 1 aliphatic rings. The van der Waals surface area contributed by atoms with Gasteiger partial charge in [0.05, 0.1) is 13.2 Å². The lowest BCUT2D eigenvalue weighted by Gasteiger charge is -2.31. The van der Waals surface area contributed by atoms with Crippen LogP contribution in [0.1, 0.15) is 43.9 Å². The van der Waals surface area contributed by atoms with E-state index in [9.17, 15) is 4.79 Å². The number of rotatable bonds is 7. The summed E-state index contributed by atoms with van der Waals surface area (Å²) >= 11 is 0. The van der Waals surface area contributed by atoms with E-state index in [0.29, 0.717) is 31.9 Å². The van der Waals surface area contributed by atoms with Crippen molar-refractivity contribution in [3.63, 3.8) is 0 Å². The Morgan fingerprint density at radius 3 is 3.21 bits per heavy atom. The lowest BCUT2D eigenvalue weighted by molar-refractivity contribution is -0.139. The second-order valence-corrected chi connectivity index (χ2v) is 5.96. The number of morpholine rings is 1. The van der Waals surface area contributed by atoms with Gasteiger partial charge in [-0.3, -0.25) is 14.6 Å². The lowest BCUT2D eigenvalue weighted by atomic mass is 10.2. The topological polar surface area (TPSA) is 88.9 Å². The molecule has 0 aromatic carbocycles. The van der Waals surface area contributed by atoms with Crippen LogP contribution in [0.5, 0.6) is 0 Å². The zero-order chi connectivity index (χ0) is 16.8. The van der Waals surface area contributed by atoms with E-state index in [4.69, 9.17) is 4.74 Å². The minimum Gasteiger partial charge on any atom is -0.366 e. The Hall–Kier alpha value is -2.22. The standard InChI is InChI=1S/C16H24N6O2/c1-2-5-14-18-16(20-19-14)13-12-21(10-11-24-13)15(23)6-3-8-22-9-4-7-17-22/h4,7,9,13H,2-3,5-6,8,10-12H2,1H3,(H,18,19,20)/t13-/m1/s1. The third-order valence-corrected chi connectivity index (χ3v) is 4.08. The van der Waals surface area contributed by atoms with Crippen LogP contribution in [0.3, 0.4) is 0 Å². The number of ether oxygens (including phenoxy) is 1. The van der Waals surface area contributed by atoms with E-state index in [-0.39, 0.29) is 12.0 Å². The molecule has 3 heterocycles. The van der Waals surface area contributed by atoms with Gasteiger partial charge in [-0.1, -0.05) is 6.92 Å². The highest BCUT2D eigenvalue weighted by molar-refractivity contribution is 5.76. The minimum absolute atomic E-state index is 0.153. The third kappa shape index (κ3) is 4.19. The molecule has 0 spiro atoms. The Kier molecular flexibility index (Phi) is 5.58. The molecule has 0 unspecified atom stereocenters. The van der Waals surface area contributed by atoms with E-state index >= 15 is 0 Å². The number of carbonyl (C=O) groups is 1. The van der Waals surface area contributed by atoms with Crippen LogP contribution in [-0.2, 0) is 22.5 Å². The van der Waals surface area contributed by atoms with Crippen LogP contribution in [0.4, 0.5) is 0 Å². The Morgan fingerprint density at radius 2 is 2.42 bits per heavy atom. The van der Waals surface area contributed by atoms with Crippen molar-refractivity contribution in [1.29, 1.82) is 0 Å². The maximum Gasteiger partial charge on any atom is 0.222 e. The summed E-state index contributed by atoms with van der Waals surface area (Å²) in [6.07, 6.45) is 6.60. The van der Waals surface area contributed by atoms with Gasteiger partial charge in [0.2, 0.25) is 5.91 Å². The third-order valence-electron chi connectivity index (χ3n) is 4.08. The molecule has 1 aliphatic heterocycles. The maximum absolute atomic E-state index is 12.4. The van der Waals surface area contributed by atoms with Crippen LogP contribution >= 0.6 is 0 Å². The van der Waals surface area contributed by atoms with E-state index in [1.165, 1.54) is 0 Å². The highest BCUT2D eigenvalue weighted by atomic mass is 16.5. The van der Waals surface area contributed by atoms with Gasteiger partial charge < -0.3 is 9.64 Å². The number of hydrogen-bond acceptors (Lipinski definition) is 5. The zero-order valence-corrected chi connectivity index (χ0v) is 14.0. The average molecular weight is 332 g/mol. The summed E-state index contributed by atoms with van der Waals surface area (Å²) in [5, 5.41) is 11.3. The van der Waals surface area contributed by atoms with Gasteiger partial charge in [0, 0.05) is 38.3 Å². The second-order valence-electron chi connectivity index (χ2n) is 5.96. The molecule has 1 N–H and O–H groups in total. The number of nitrogens with zero attached hydrogens (tertiary/aromatic N) is 5. The molecule has 0 aliphatic carbocycles. The first kappa shape index (κ1) is 16.6. The van der Waals surface area contributed by atoms with Gasteiger partial charge >= 0.3 is 0 Å². The molecule has 2 aromatic heterocycles. The number of aromatic nitrogens is 5. The van der Waals surface area contributed by atoms with Gasteiger partial charge in [0.15, 0.2) is 5.82 Å². The molecule has 8 heteroatoms. The maximum atomic E-state index is 12.4. The van der Waals surface area contributed by atoms with Gasteiger partial charge in [-0.2, -0.15) is 10.2 Å². The van der Waals surface area contributed by atoms with Crippen molar-refractivity contribution >= 4 is 5.91 Å². The van der Waals surface area contributed by atoms with Crippen molar-refractivity contribution in [2.75, 3.05) is 19.7 Å². The fourth-order valence-electron chi connectivity index (χ4n) is 2.82. The quantitative estimate of drug-likeness (QED) is 0.826. The van der Waals surface area contributed by atoms with Crippen molar-refractivity contribution in [3.8, 4) is 0 Å². The number of hydrogen-bond donors (Lipinski definition) is 1. The number of aryl methyl sites for hydroxylation is 2. The van der Waals surface area contributed by atoms with Crippen molar-refractivity contribution in [2.24, 2.45) is 0 Å². The second kappa shape index (κ2) is 8.05. The summed E-state index contributed by atoms with van der Waals surface area (Å²) < 4.78 is 7.59. The molecule has 1 amide bonds. The molecule has 1 fully saturated rings. The van der Waals surface area contributed by atoms with Crippen LogP contribution < -0.4 is 0 Å². The molecule has 1 atom stereocenters. The summed E-state index contributed by atoms with van der Waals surface area (Å²) in [5.41, 5.74) is 0. The van der Waals surface area contributed by atoms with Gasteiger partial charge in [0.1, 0.15) is 11.9 Å². The highest BCUT2D eigenvalue weighted by Crippen LogP contribution is 2.20. The molecule has 2 aromatic rings. The summed E-state index contributed by atoms with van der Waals surface area (Å²) in [4.78, 5) is 18.7. The number of aromatic amines is 1. The van der Waals surface area contributed by atoms with Crippen LogP contribution in [0, 0.1) is 0 Å². The molecule has 24 heavy (non-hydrogen) atoms. The zero-order valence-electron chi connectivity index (χ0n) is 14.0. The van der Waals surface area contributed by atoms with Crippen molar-refractivity contribution < 1.29 is 9.53 Å². The number of carbonyl (C=O) groups excluding carboxylic acids is 1. The molecular weight excluding hydrogens is 308 g/mol. The number of nitrogens with one attached hydrogen (secondary N) is 1. The molecule has 3 rings (SSSR count). The average Bonchev–Trinajstić information content (AvgIpc) is 3.27. The first-order valence-electron chi connectivity index (χ1n) is 8.54. The Balaban J connectivity index is 1.49. The molecule has 1 saturated heterocycles. The number of H-pyrrole nitrogens is 1. The Labute approximate surface area is 141 Å². The summed E-state index contributed by atoms with van der Waals surface area (Å²) in [5.74, 6) is 1.67. The van der Waals surface area contributed by atoms with E-state index in [0.717, 1.165) is 31.6 Å². The monoisotopic (exact) mass is 332 g/mol. The van der Waals surface area contributed by atoms with Crippen LogP contribution in [0.25, 0.3) is 0 Å². The van der Waals surface area contributed by atoms with Crippen LogP contribution in [0.2, 0.25) is 0 Å². The molecule has 0 radical (unpaired) electrons. The first-order chi connectivity index (χ1) is 11.8. The minimum atomic E-state index is -0.240. The smallest absolute Gasteiger partial charge is 0.222 e. The summed E-state index contributed by atoms with van der Waals surface area (Å²) in [7, 11) is 0.